The minimum absolute atomic E-state index is 0.109. The normalized spacial score (nSPS) is 12.3. The molecule has 1 heterocycles. The SMILES string of the molecule is CC(C)[C@@H](NC(=O)c1ccc2c(=O)n(C)c(=S)[nH]c2c1)c1ccc(F)cc1. The molecule has 140 valence electrons. The quantitative estimate of drug-likeness (QED) is 0.670. The molecule has 0 saturated carbocycles. The van der Waals surface area contributed by atoms with Gasteiger partial charge in [-0.05, 0) is 54.0 Å². The monoisotopic (exact) mass is 385 g/mol. The van der Waals surface area contributed by atoms with Crippen LogP contribution in [-0.4, -0.2) is 15.5 Å². The Morgan fingerprint density at radius 1 is 1.19 bits per heavy atom. The van der Waals surface area contributed by atoms with E-state index in [1.165, 1.54) is 16.7 Å². The Balaban J connectivity index is 1.94. The Hall–Kier alpha value is -2.80. The number of carbonyl (C=O) groups excluding carboxylic acids is 1. The van der Waals surface area contributed by atoms with E-state index in [9.17, 15) is 14.0 Å². The van der Waals surface area contributed by atoms with Crippen LogP contribution in [-0.2, 0) is 7.05 Å². The molecule has 0 fully saturated rings. The minimum atomic E-state index is -0.320. The maximum atomic E-state index is 13.2. The van der Waals surface area contributed by atoms with Crippen molar-refractivity contribution in [1.29, 1.82) is 0 Å². The van der Waals surface area contributed by atoms with E-state index < -0.39 is 0 Å². The maximum Gasteiger partial charge on any atom is 0.261 e. The molecule has 0 aliphatic rings. The Bertz CT molecular complexity index is 1120. The number of nitrogens with one attached hydrogen (secondary N) is 2. The van der Waals surface area contributed by atoms with Gasteiger partial charge in [0, 0.05) is 12.6 Å². The largest absolute Gasteiger partial charge is 0.345 e. The summed E-state index contributed by atoms with van der Waals surface area (Å²) >= 11 is 5.13. The molecule has 0 aliphatic carbocycles. The summed E-state index contributed by atoms with van der Waals surface area (Å²) in [5.74, 6) is -0.489. The molecule has 0 spiro atoms. The number of halogens is 1. The molecule has 0 bridgehead atoms. The predicted octanol–water partition coefficient (Wildman–Crippen LogP) is 3.86. The summed E-state index contributed by atoms with van der Waals surface area (Å²) in [7, 11) is 1.59. The van der Waals surface area contributed by atoms with Crippen molar-refractivity contribution in [3.8, 4) is 0 Å². The van der Waals surface area contributed by atoms with Crippen LogP contribution in [0.15, 0.2) is 47.3 Å². The third-order valence-corrected chi connectivity index (χ3v) is 4.92. The van der Waals surface area contributed by atoms with Crippen molar-refractivity contribution in [2.24, 2.45) is 13.0 Å². The van der Waals surface area contributed by atoms with Crippen LogP contribution in [0.2, 0.25) is 0 Å². The van der Waals surface area contributed by atoms with Gasteiger partial charge in [0.25, 0.3) is 11.5 Å². The Kier molecular flexibility index (Phi) is 5.23. The third kappa shape index (κ3) is 3.83. The number of carbonyl (C=O) groups is 1. The van der Waals surface area contributed by atoms with E-state index in [4.69, 9.17) is 12.2 Å². The summed E-state index contributed by atoms with van der Waals surface area (Å²) in [5, 5.41) is 3.45. The van der Waals surface area contributed by atoms with Gasteiger partial charge in [-0.25, -0.2) is 4.39 Å². The van der Waals surface area contributed by atoms with Gasteiger partial charge in [-0.3, -0.25) is 14.2 Å². The van der Waals surface area contributed by atoms with E-state index in [-0.39, 0.29) is 34.0 Å². The molecule has 0 radical (unpaired) electrons. The zero-order chi connectivity index (χ0) is 19.7. The highest BCUT2D eigenvalue weighted by Gasteiger charge is 2.19. The lowest BCUT2D eigenvalue weighted by Crippen LogP contribution is -2.31. The first-order chi connectivity index (χ1) is 12.8. The highest BCUT2D eigenvalue weighted by atomic mass is 32.1. The highest BCUT2D eigenvalue weighted by Crippen LogP contribution is 2.23. The minimum Gasteiger partial charge on any atom is -0.345 e. The Morgan fingerprint density at radius 3 is 2.48 bits per heavy atom. The second-order valence-electron chi connectivity index (χ2n) is 6.80. The lowest BCUT2D eigenvalue weighted by Gasteiger charge is -2.23. The second-order valence-corrected chi connectivity index (χ2v) is 7.19. The number of hydrogen-bond donors (Lipinski definition) is 2. The summed E-state index contributed by atoms with van der Waals surface area (Å²) in [5.41, 5.74) is 1.54. The fourth-order valence-corrected chi connectivity index (χ4v) is 3.17. The number of amides is 1. The molecule has 2 aromatic carbocycles. The summed E-state index contributed by atoms with van der Waals surface area (Å²) in [6.07, 6.45) is 0. The van der Waals surface area contributed by atoms with Crippen molar-refractivity contribution in [3.63, 3.8) is 0 Å². The molecule has 0 unspecified atom stereocenters. The summed E-state index contributed by atoms with van der Waals surface area (Å²) in [6.45, 7) is 3.96. The molecule has 3 rings (SSSR count). The standard InChI is InChI=1S/C20H20FN3O2S/c1-11(2)17(12-4-7-14(21)8-5-12)23-18(25)13-6-9-15-16(10-13)22-20(27)24(3)19(15)26/h4-11,17H,1-3H3,(H,22,27)(H,23,25)/t17-/m1/s1. The summed E-state index contributed by atoms with van der Waals surface area (Å²) in [4.78, 5) is 28.0. The van der Waals surface area contributed by atoms with Gasteiger partial charge in [0.05, 0.1) is 16.9 Å². The molecule has 1 aromatic heterocycles. The average Bonchev–Trinajstić information content (AvgIpc) is 2.64. The van der Waals surface area contributed by atoms with Crippen LogP contribution >= 0.6 is 12.2 Å². The smallest absolute Gasteiger partial charge is 0.261 e. The van der Waals surface area contributed by atoms with Gasteiger partial charge >= 0.3 is 0 Å². The number of nitrogens with zero attached hydrogens (tertiary/aromatic N) is 1. The molecule has 1 atom stereocenters. The molecule has 5 nitrogen and oxygen atoms in total. The van der Waals surface area contributed by atoms with E-state index in [2.05, 4.69) is 10.3 Å². The Morgan fingerprint density at radius 2 is 1.85 bits per heavy atom. The number of fused-ring (bicyclic) bond motifs is 1. The summed E-state index contributed by atoms with van der Waals surface area (Å²) < 4.78 is 14.8. The average molecular weight is 385 g/mol. The van der Waals surface area contributed by atoms with Gasteiger partial charge in [0.2, 0.25) is 0 Å². The molecule has 27 heavy (non-hydrogen) atoms. The van der Waals surface area contributed by atoms with Gasteiger partial charge < -0.3 is 10.3 Å². The predicted molar refractivity (Wildman–Crippen MR) is 106 cm³/mol. The highest BCUT2D eigenvalue weighted by molar-refractivity contribution is 7.71. The zero-order valence-electron chi connectivity index (χ0n) is 15.2. The van der Waals surface area contributed by atoms with E-state index in [0.717, 1.165) is 5.56 Å². The zero-order valence-corrected chi connectivity index (χ0v) is 16.1. The van der Waals surface area contributed by atoms with Gasteiger partial charge in [-0.2, -0.15) is 0 Å². The van der Waals surface area contributed by atoms with Crippen LogP contribution in [0.4, 0.5) is 4.39 Å². The van der Waals surface area contributed by atoms with E-state index >= 15 is 0 Å². The lowest BCUT2D eigenvalue weighted by atomic mass is 9.95. The molecular weight excluding hydrogens is 365 g/mol. The molecule has 7 heteroatoms. The van der Waals surface area contributed by atoms with Crippen LogP contribution in [0.25, 0.3) is 10.9 Å². The van der Waals surface area contributed by atoms with Gasteiger partial charge in [0.1, 0.15) is 5.82 Å². The molecule has 0 saturated heterocycles. The third-order valence-electron chi connectivity index (χ3n) is 4.55. The Labute approximate surface area is 160 Å². The van der Waals surface area contributed by atoms with E-state index in [1.54, 1.807) is 37.4 Å². The van der Waals surface area contributed by atoms with Crippen LogP contribution in [0.5, 0.6) is 0 Å². The van der Waals surface area contributed by atoms with Crippen molar-refractivity contribution in [3.05, 3.63) is 74.5 Å². The van der Waals surface area contributed by atoms with Gasteiger partial charge in [-0.1, -0.05) is 26.0 Å². The number of aromatic amines is 1. The fraction of sp³-hybridized carbons (Fsp3) is 0.250. The van der Waals surface area contributed by atoms with Crippen molar-refractivity contribution in [1.82, 2.24) is 14.9 Å². The van der Waals surface area contributed by atoms with E-state index in [1.807, 2.05) is 13.8 Å². The number of hydrogen-bond acceptors (Lipinski definition) is 3. The van der Waals surface area contributed by atoms with Crippen molar-refractivity contribution < 1.29 is 9.18 Å². The van der Waals surface area contributed by atoms with Crippen LogP contribution in [0.1, 0.15) is 35.8 Å². The molecule has 3 aromatic rings. The number of benzene rings is 2. The number of H-pyrrole nitrogens is 1. The van der Waals surface area contributed by atoms with Crippen LogP contribution < -0.4 is 10.9 Å². The molecule has 2 N–H and O–H groups in total. The fourth-order valence-electron chi connectivity index (χ4n) is 2.98. The summed E-state index contributed by atoms with van der Waals surface area (Å²) in [6, 6.07) is 10.7. The van der Waals surface area contributed by atoms with E-state index in [0.29, 0.717) is 16.5 Å². The van der Waals surface area contributed by atoms with Crippen LogP contribution in [0, 0.1) is 16.5 Å². The second kappa shape index (κ2) is 7.44. The lowest BCUT2D eigenvalue weighted by molar-refractivity contribution is 0.0925. The first-order valence-corrected chi connectivity index (χ1v) is 8.98. The molecule has 0 aliphatic heterocycles. The molecule has 1 amide bonds. The molecular formula is C20H20FN3O2S. The van der Waals surface area contributed by atoms with Crippen LogP contribution in [0.3, 0.4) is 0 Å². The first-order valence-electron chi connectivity index (χ1n) is 8.57. The van der Waals surface area contributed by atoms with Gasteiger partial charge in [0.15, 0.2) is 4.77 Å². The van der Waals surface area contributed by atoms with Crippen molar-refractivity contribution >= 4 is 29.0 Å². The van der Waals surface area contributed by atoms with Crippen molar-refractivity contribution in [2.45, 2.75) is 19.9 Å². The number of aromatic nitrogens is 2. The maximum absolute atomic E-state index is 13.2. The topological polar surface area (TPSA) is 66.9 Å². The first kappa shape index (κ1) is 19.0. The van der Waals surface area contributed by atoms with Gasteiger partial charge in [-0.15, -0.1) is 0 Å². The van der Waals surface area contributed by atoms with Crippen molar-refractivity contribution in [2.75, 3.05) is 0 Å². The number of rotatable bonds is 4.